The number of ether oxygens (including phenoxy) is 1. The molecule has 0 aliphatic heterocycles. The average Bonchev–Trinajstić information content (AvgIpc) is 1.85. The van der Waals surface area contributed by atoms with Gasteiger partial charge in [-0.15, -0.1) is 0 Å². The van der Waals surface area contributed by atoms with Crippen molar-refractivity contribution in [2.45, 2.75) is 12.7 Å². The first kappa shape index (κ1) is 9.36. The Morgan fingerprint density at radius 1 is 1.80 bits per heavy atom. The Labute approximate surface area is 61.4 Å². The Bertz CT molecular complexity index is 156. The highest BCUT2D eigenvalue weighted by atomic mass is 35.5. The summed E-state index contributed by atoms with van der Waals surface area (Å²) in [5.74, 6) is -3.33. The Morgan fingerprint density at radius 2 is 2.30 bits per heavy atom. The first-order valence-electron chi connectivity index (χ1n) is 2.34. The van der Waals surface area contributed by atoms with Gasteiger partial charge in [0, 0.05) is 0 Å². The van der Waals surface area contributed by atoms with E-state index in [4.69, 9.17) is 0 Å². The quantitative estimate of drug-likeness (QED) is 0.359. The second-order valence-electron chi connectivity index (χ2n) is 1.46. The molecule has 0 aliphatic rings. The van der Waals surface area contributed by atoms with Crippen LogP contribution in [0.4, 0.5) is 8.78 Å². The third-order valence-corrected chi connectivity index (χ3v) is 0.771. The Balaban J connectivity index is 3.86. The smallest absolute Gasteiger partial charge is 0.339 e. The van der Waals surface area contributed by atoms with Crippen LogP contribution in [0, 0.1) is 0 Å². The van der Waals surface area contributed by atoms with Crippen molar-refractivity contribution in [3.8, 4) is 0 Å². The summed E-state index contributed by atoms with van der Waals surface area (Å²) in [4.78, 5) is 10.3. The maximum atomic E-state index is 11.6. The predicted octanol–water partition coefficient (Wildman–Crippen LogP) is 1.89. The standard InChI is InChI=1S/C5H5ClF2O2/c1-3(2-7)4(9)10-5(6)8/h2,5H,1H3. The molecule has 58 valence electrons. The van der Waals surface area contributed by atoms with E-state index in [0.717, 1.165) is 6.92 Å². The number of carbonyl (C=O) groups excluding carboxylic acids is 1. The van der Waals surface area contributed by atoms with Gasteiger partial charge in [-0.3, -0.25) is 0 Å². The molecule has 5 heteroatoms. The van der Waals surface area contributed by atoms with Crippen LogP contribution in [0.25, 0.3) is 0 Å². The molecule has 1 unspecified atom stereocenters. The van der Waals surface area contributed by atoms with Crippen molar-refractivity contribution in [1.29, 1.82) is 0 Å². The van der Waals surface area contributed by atoms with Gasteiger partial charge in [-0.25, -0.2) is 9.18 Å². The molecule has 0 saturated heterocycles. The van der Waals surface area contributed by atoms with E-state index < -0.39 is 11.8 Å². The van der Waals surface area contributed by atoms with Crippen LogP contribution in [0.5, 0.6) is 0 Å². The summed E-state index contributed by atoms with van der Waals surface area (Å²) in [5.41, 5.74) is -0.330. The molecule has 0 amide bonds. The Morgan fingerprint density at radius 3 is 2.60 bits per heavy atom. The van der Waals surface area contributed by atoms with Gasteiger partial charge in [0.05, 0.1) is 11.9 Å². The van der Waals surface area contributed by atoms with Crippen molar-refractivity contribution in [3.63, 3.8) is 0 Å². The van der Waals surface area contributed by atoms with Crippen molar-refractivity contribution in [3.05, 3.63) is 11.9 Å². The van der Waals surface area contributed by atoms with Gasteiger partial charge in [-0.1, -0.05) is 0 Å². The van der Waals surface area contributed by atoms with E-state index in [-0.39, 0.29) is 11.9 Å². The van der Waals surface area contributed by atoms with Crippen LogP contribution in [0.1, 0.15) is 6.92 Å². The van der Waals surface area contributed by atoms with Gasteiger partial charge >= 0.3 is 11.8 Å². The SMILES string of the molecule is CC(=CF)C(=O)OC(F)Cl. The third kappa shape index (κ3) is 3.40. The van der Waals surface area contributed by atoms with Crippen LogP contribution in [-0.4, -0.2) is 11.8 Å². The van der Waals surface area contributed by atoms with E-state index in [2.05, 4.69) is 16.3 Å². The van der Waals surface area contributed by atoms with Crippen LogP contribution < -0.4 is 0 Å². The van der Waals surface area contributed by atoms with Gasteiger partial charge in [-0.05, 0) is 18.5 Å². The summed E-state index contributed by atoms with van der Waals surface area (Å²) in [6, 6.07) is 0. The highest BCUT2D eigenvalue weighted by Crippen LogP contribution is 2.04. The molecule has 0 aromatic heterocycles. The van der Waals surface area contributed by atoms with Gasteiger partial charge in [0.1, 0.15) is 0 Å². The number of alkyl halides is 2. The Hall–Kier alpha value is -0.640. The van der Waals surface area contributed by atoms with E-state index in [9.17, 15) is 13.6 Å². The maximum absolute atomic E-state index is 11.6. The van der Waals surface area contributed by atoms with Gasteiger partial charge in [0.25, 0.3) is 0 Å². The molecule has 0 aliphatic carbocycles. The van der Waals surface area contributed by atoms with Gasteiger partial charge in [-0.2, -0.15) is 4.39 Å². The lowest BCUT2D eigenvalue weighted by Gasteiger charge is -2.00. The number of esters is 1. The molecular weight excluding hydrogens is 166 g/mol. The summed E-state index contributed by atoms with van der Waals surface area (Å²) in [5, 5.41) is 0. The highest BCUT2D eigenvalue weighted by Gasteiger charge is 2.10. The minimum atomic E-state index is -2.22. The summed E-state index contributed by atoms with van der Waals surface area (Å²) in [6.45, 7) is 1.14. The molecule has 1 atom stereocenters. The minimum Gasteiger partial charge on any atom is -0.413 e. The second-order valence-corrected chi connectivity index (χ2v) is 1.80. The largest absolute Gasteiger partial charge is 0.413 e. The first-order chi connectivity index (χ1) is 4.57. The molecule has 0 bridgehead atoms. The molecule has 2 nitrogen and oxygen atoms in total. The highest BCUT2D eigenvalue weighted by molar-refractivity contribution is 6.19. The molecule has 0 rings (SSSR count). The molecule has 0 radical (unpaired) electrons. The van der Waals surface area contributed by atoms with Crippen molar-refractivity contribution in [2.75, 3.05) is 0 Å². The molecule has 0 spiro atoms. The molecular formula is C5H5ClF2O2. The summed E-state index contributed by atoms with van der Waals surface area (Å²) < 4.78 is 26.8. The van der Waals surface area contributed by atoms with Gasteiger partial charge in [0.15, 0.2) is 0 Å². The molecule has 0 saturated carbocycles. The fraction of sp³-hybridized carbons (Fsp3) is 0.400. The summed E-state index contributed by atoms with van der Waals surface area (Å²) in [6.07, 6.45) is 0.0155. The molecule has 10 heavy (non-hydrogen) atoms. The van der Waals surface area contributed by atoms with Crippen LogP contribution in [0.3, 0.4) is 0 Å². The number of hydrogen-bond acceptors (Lipinski definition) is 2. The van der Waals surface area contributed by atoms with Crippen molar-refractivity contribution in [1.82, 2.24) is 0 Å². The number of rotatable bonds is 2. The fourth-order valence-corrected chi connectivity index (χ4v) is 0.299. The lowest BCUT2D eigenvalue weighted by molar-refractivity contribution is -0.146. The molecule has 0 heterocycles. The van der Waals surface area contributed by atoms with E-state index >= 15 is 0 Å². The van der Waals surface area contributed by atoms with Crippen LogP contribution in [0.2, 0.25) is 0 Å². The molecule has 0 N–H and O–H groups in total. The second kappa shape index (κ2) is 4.22. The first-order valence-corrected chi connectivity index (χ1v) is 2.77. The zero-order chi connectivity index (χ0) is 8.15. The zero-order valence-corrected chi connectivity index (χ0v) is 5.86. The minimum absolute atomic E-state index is 0.0155. The lowest BCUT2D eigenvalue weighted by atomic mass is 10.4. The Kier molecular flexibility index (Phi) is 3.95. The number of halogens is 3. The van der Waals surface area contributed by atoms with E-state index in [0.29, 0.717) is 0 Å². The molecule has 0 aromatic rings. The molecule has 0 fully saturated rings. The third-order valence-electron chi connectivity index (χ3n) is 0.682. The predicted molar refractivity (Wildman–Crippen MR) is 31.7 cm³/mol. The van der Waals surface area contributed by atoms with E-state index in [1.54, 1.807) is 0 Å². The van der Waals surface area contributed by atoms with Crippen molar-refractivity contribution >= 4 is 17.6 Å². The van der Waals surface area contributed by atoms with Gasteiger partial charge in [0.2, 0.25) is 0 Å². The van der Waals surface area contributed by atoms with Crippen LogP contribution in [-0.2, 0) is 9.53 Å². The van der Waals surface area contributed by atoms with E-state index in [1.165, 1.54) is 0 Å². The maximum Gasteiger partial charge on any atom is 0.339 e. The van der Waals surface area contributed by atoms with E-state index in [1.807, 2.05) is 0 Å². The monoisotopic (exact) mass is 170 g/mol. The number of hydrogen-bond donors (Lipinski definition) is 0. The topological polar surface area (TPSA) is 26.3 Å². The zero-order valence-electron chi connectivity index (χ0n) is 5.11. The summed E-state index contributed by atoms with van der Waals surface area (Å²) in [7, 11) is 0. The van der Waals surface area contributed by atoms with Crippen LogP contribution in [0.15, 0.2) is 11.9 Å². The van der Waals surface area contributed by atoms with Gasteiger partial charge < -0.3 is 4.74 Å². The van der Waals surface area contributed by atoms with Crippen LogP contribution >= 0.6 is 11.6 Å². The normalized spacial score (nSPS) is 14.6. The van der Waals surface area contributed by atoms with Crippen molar-refractivity contribution in [2.24, 2.45) is 0 Å². The van der Waals surface area contributed by atoms with Crippen molar-refractivity contribution < 1.29 is 18.3 Å². The fourth-order valence-electron chi connectivity index (χ4n) is 0.218. The molecule has 0 aromatic carbocycles. The average molecular weight is 171 g/mol. The number of carbonyl (C=O) groups is 1. The lowest BCUT2D eigenvalue weighted by Crippen LogP contribution is -2.08. The summed E-state index contributed by atoms with van der Waals surface area (Å²) >= 11 is 4.61.